The summed E-state index contributed by atoms with van der Waals surface area (Å²) in [5.41, 5.74) is 0.444. The van der Waals surface area contributed by atoms with Crippen molar-refractivity contribution < 1.29 is 8.78 Å². The van der Waals surface area contributed by atoms with Gasteiger partial charge in [0.05, 0.1) is 6.04 Å². The predicted octanol–water partition coefficient (Wildman–Crippen LogP) is 2.71. The summed E-state index contributed by atoms with van der Waals surface area (Å²) in [5.74, 6) is -0.712. The maximum absolute atomic E-state index is 13.9. The van der Waals surface area contributed by atoms with Crippen LogP contribution in [0.1, 0.15) is 30.9 Å². The molecule has 1 aliphatic rings. The number of hydrogen-bond acceptors (Lipinski definition) is 2. The molecular formula is C14H20F2N2. The van der Waals surface area contributed by atoms with Crippen molar-refractivity contribution in [3.63, 3.8) is 0 Å². The van der Waals surface area contributed by atoms with Gasteiger partial charge in [0.1, 0.15) is 11.6 Å². The lowest BCUT2D eigenvalue weighted by molar-refractivity contribution is 0.200. The van der Waals surface area contributed by atoms with Gasteiger partial charge in [-0.1, -0.05) is 6.42 Å². The Balaban J connectivity index is 2.31. The van der Waals surface area contributed by atoms with Crippen LogP contribution in [0.5, 0.6) is 0 Å². The van der Waals surface area contributed by atoms with Crippen molar-refractivity contribution in [2.24, 2.45) is 0 Å². The minimum absolute atomic E-state index is 0.124. The monoisotopic (exact) mass is 254 g/mol. The molecule has 2 rings (SSSR count). The molecule has 0 saturated carbocycles. The second-order valence-corrected chi connectivity index (χ2v) is 5.13. The van der Waals surface area contributed by atoms with Gasteiger partial charge in [0.25, 0.3) is 0 Å². The molecule has 0 aliphatic carbocycles. The second kappa shape index (κ2) is 5.76. The van der Waals surface area contributed by atoms with E-state index in [4.69, 9.17) is 0 Å². The molecule has 1 N–H and O–H groups in total. The molecule has 0 spiro atoms. The lowest BCUT2D eigenvalue weighted by atomic mass is 9.91. The minimum Gasteiger partial charge on any atom is -0.312 e. The summed E-state index contributed by atoms with van der Waals surface area (Å²) < 4.78 is 27.2. The number of piperidine rings is 1. The molecule has 18 heavy (non-hydrogen) atoms. The van der Waals surface area contributed by atoms with Crippen LogP contribution in [0.3, 0.4) is 0 Å². The SMILES string of the molecule is CN(C)C(c1cc(F)ccc1F)C1CCCCN1. The molecule has 4 heteroatoms. The number of nitrogens with zero attached hydrogens (tertiary/aromatic N) is 1. The normalized spacial score (nSPS) is 22.2. The van der Waals surface area contributed by atoms with Gasteiger partial charge in [-0.25, -0.2) is 8.78 Å². The highest BCUT2D eigenvalue weighted by Crippen LogP contribution is 2.29. The quantitative estimate of drug-likeness (QED) is 0.892. The molecule has 1 aliphatic heterocycles. The van der Waals surface area contributed by atoms with E-state index < -0.39 is 0 Å². The van der Waals surface area contributed by atoms with E-state index in [2.05, 4.69) is 5.32 Å². The van der Waals surface area contributed by atoms with Crippen LogP contribution in [-0.4, -0.2) is 31.6 Å². The van der Waals surface area contributed by atoms with E-state index in [-0.39, 0.29) is 23.7 Å². The molecule has 2 nitrogen and oxygen atoms in total. The zero-order chi connectivity index (χ0) is 13.1. The van der Waals surface area contributed by atoms with Crippen LogP contribution in [0.25, 0.3) is 0 Å². The Bertz CT molecular complexity index is 401. The number of benzene rings is 1. The predicted molar refractivity (Wildman–Crippen MR) is 68.4 cm³/mol. The molecule has 0 amide bonds. The average molecular weight is 254 g/mol. The topological polar surface area (TPSA) is 15.3 Å². The standard InChI is InChI=1S/C14H20F2N2/c1-18(2)14(13-5-3-4-8-17-13)11-9-10(15)6-7-12(11)16/h6-7,9,13-14,17H,3-5,8H2,1-2H3. The van der Waals surface area contributed by atoms with E-state index in [1.54, 1.807) is 0 Å². The van der Waals surface area contributed by atoms with E-state index in [9.17, 15) is 8.78 Å². The number of likely N-dealkylation sites (N-methyl/N-ethyl adjacent to an activating group) is 1. The first-order valence-electron chi connectivity index (χ1n) is 6.44. The number of hydrogen-bond donors (Lipinski definition) is 1. The molecule has 1 aromatic carbocycles. The third-order valence-corrected chi connectivity index (χ3v) is 3.56. The van der Waals surface area contributed by atoms with E-state index in [1.165, 1.54) is 18.2 Å². The number of rotatable bonds is 3. The first-order valence-corrected chi connectivity index (χ1v) is 6.44. The highest BCUT2D eigenvalue weighted by molar-refractivity contribution is 5.24. The average Bonchev–Trinajstić information content (AvgIpc) is 2.35. The van der Waals surface area contributed by atoms with E-state index >= 15 is 0 Å². The summed E-state index contributed by atoms with van der Waals surface area (Å²) in [6.07, 6.45) is 3.29. The molecular weight excluding hydrogens is 234 g/mol. The maximum Gasteiger partial charge on any atom is 0.128 e. The Morgan fingerprint density at radius 2 is 2.06 bits per heavy atom. The van der Waals surface area contributed by atoms with E-state index in [0.29, 0.717) is 5.56 Å². The van der Waals surface area contributed by atoms with Crippen LogP contribution in [-0.2, 0) is 0 Å². The van der Waals surface area contributed by atoms with Gasteiger partial charge in [-0.2, -0.15) is 0 Å². The van der Waals surface area contributed by atoms with Crippen molar-refractivity contribution in [2.45, 2.75) is 31.3 Å². The fourth-order valence-electron chi connectivity index (χ4n) is 2.74. The number of nitrogens with one attached hydrogen (secondary N) is 1. The Morgan fingerprint density at radius 3 is 2.67 bits per heavy atom. The van der Waals surface area contributed by atoms with E-state index in [0.717, 1.165) is 25.8 Å². The Morgan fingerprint density at radius 1 is 1.28 bits per heavy atom. The molecule has 1 heterocycles. The van der Waals surface area contributed by atoms with Gasteiger partial charge >= 0.3 is 0 Å². The third-order valence-electron chi connectivity index (χ3n) is 3.56. The lowest BCUT2D eigenvalue weighted by Crippen LogP contribution is -2.44. The first-order chi connectivity index (χ1) is 8.59. The van der Waals surface area contributed by atoms with E-state index in [1.807, 2.05) is 19.0 Å². The summed E-state index contributed by atoms with van der Waals surface area (Å²) in [5, 5.41) is 3.41. The van der Waals surface area contributed by atoms with Crippen LogP contribution < -0.4 is 5.32 Å². The zero-order valence-electron chi connectivity index (χ0n) is 10.9. The summed E-state index contributed by atoms with van der Waals surface area (Å²) in [6.45, 7) is 0.950. The minimum atomic E-state index is -0.381. The van der Waals surface area contributed by atoms with Gasteiger partial charge in [-0.15, -0.1) is 0 Å². The Kier molecular flexibility index (Phi) is 4.30. The van der Waals surface area contributed by atoms with Crippen molar-refractivity contribution >= 4 is 0 Å². The van der Waals surface area contributed by atoms with Crippen molar-refractivity contribution in [3.05, 3.63) is 35.4 Å². The van der Waals surface area contributed by atoms with Crippen molar-refractivity contribution in [3.8, 4) is 0 Å². The van der Waals surface area contributed by atoms with Crippen LogP contribution >= 0.6 is 0 Å². The van der Waals surface area contributed by atoms with Gasteiger partial charge in [0, 0.05) is 11.6 Å². The van der Waals surface area contributed by atoms with Gasteiger partial charge in [0.2, 0.25) is 0 Å². The molecule has 1 aromatic rings. The van der Waals surface area contributed by atoms with Crippen molar-refractivity contribution in [1.29, 1.82) is 0 Å². The molecule has 1 fully saturated rings. The summed E-state index contributed by atoms with van der Waals surface area (Å²) in [6, 6.07) is 3.76. The van der Waals surface area contributed by atoms with Crippen LogP contribution in [0, 0.1) is 11.6 Å². The van der Waals surface area contributed by atoms with Gasteiger partial charge in [-0.3, -0.25) is 0 Å². The highest BCUT2D eigenvalue weighted by atomic mass is 19.1. The smallest absolute Gasteiger partial charge is 0.128 e. The fourth-order valence-corrected chi connectivity index (χ4v) is 2.74. The maximum atomic E-state index is 13.9. The lowest BCUT2D eigenvalue weighted by Gasteiger charge is -2.36. The molecule has 0 bridgehead atoms. The molecule has 2 unspecified atom stereocenters. The Hall–Kier alpha value is -1.00. The zero-order valence-corrected chi connectivity index (χ0v) is 10.9. The fraction of sp³-hybridized carbons (Fsp3) is 0.571. The largest absolute Gasteiger partial charge is 0.312 e. The molecule has 2 atom stereocenters. The van der Waals surface area contributed by atoms with Crippen molar-refractivity contribution in [1.82, 2.24) is 10.2 Å². The number of halogens is 2. The summed E-state index contributed by atoms with van der Waals surface area (Å²) in [7, 11) is 3.82. The molecule has 0 radical (unpaired) electrons. The Labute approximate surface area is 107 Å². The van der Waals surface area contributed by atoms with Crippen molar-refractivity contribution in [2.75, 3.05) is 20.6 Å². The van der Waals surface area contributed by atoms with Crippen LogP contribution in [0.15, 0.2) is 18.2 Å². The van der Waals surface area contributed by atoms with Crippen LogP contribution in [0.4, 0.5) is 8.78 Å². The summed E-state index contributed by atoms with van der Waals surface area (Å²) in [4.78, 5) is 1.96. The molecule has 1 saturated heterocycles. The second-order valence-electron chi connectivity index (χ2n) is 5.13. The highest BCUT2D eigenvalue weighted by Gasteiger charge is 2.28. The molecule has 100 valence electrons. The first kappa shape index (κ1) is 13.4. The summed E-state index contributed by atoms with van der Waals surface area (Å²) >= 11 is 0. The third kappa shape index (κ3) is 2.87. The van der Waals surface area contributed by atoms with Gasteiger partial charge in [-0.05, 0) is 51.7 Å². The van der Waals surface area contributed by atoms with Gasteiger partial charge < -0.3 is 10.2 Å². The van der Waals surface area contributed by atoms with Crippen LogP contribution in [0.2, 0.25) is 0 Å². The van der Waals surface area contributed by atoms with Gasteiger partial charge in [0.15, 0.2) is 0 Å². The molecule has 0 aromatic heterocycles.